The Morgan fingerprint density at radius 1 is 1.45 bits per heavy atom. The molecular formula is C16H20N4OS. The molecule has 0 bridgehead atoms. The molecule has 0 atom stereocenters. The summed E-state index contributed by atoms with van der Waals surface area (Å²) in [6.45, 7) is 1.90. The maximum atomic E-state index is 12.2. The van der Waals surface area contributed by atoms with Gasteiger partial charge in [0.25, 0.3) is 5.56 Å². The molecule has 2 N–H and O–H groups in total. The summed E-state index contributed by atoms with van der Waals surface area (Å²) in [6.07, 6.45) is 4.76. The van der Waals surface area contributed by atoms with Crippen LogP contribution in [0.4, 0.5) is 0 Å². The molecule has 22 heavy (non-hydrogen) atoms. The fourth-order valence-corrected chi connectivity index (χ4v) is 3.50. The van der Waals surface area contributed by atoms with E-state index in [1.165, 1.54) is 24.6 Å². The minimum absolute atomic E-state index is 0.0509. The number of rotatable bonds is 3. The number of pyridine rings is 1. The van der Waals surface area contributed by atoms with Gasteiger partial charge in [-0.2, -0.15) is 0 Å². The summed E-state index contributed by atoms with van der Waals surface area (Å²) in [5.74, 6) is 0.571. The first-order chi connectivity index (χ1) is 10.6. The van der Waals surface area contributed by atoms with Crippen molar-refractivity contribution in [3.8, 4) is 0 Å². The van der Waals surface area contributed by atoms with Gasteiger partial charge in [-0.25, -0.2) is 4.98 Å². The van der Waals surface area contributed by atoms with Crippen LogP contribution in [0.2, 0.25) is 0 Å². The molecule has 0 aromatic carbocycles. The largest absolute Gasteiger partial charge is 0.379 e. The van der Waals surface area contributed by atoms with Crippen molar-refractivity contribution >= 4 is 22.6 Å². The molecule has 0 saturated heterocycles. The van der Waals surface area contributed by atoms with E-state index in [0.29, 0.717) is 22.6 Å². The molecule has 0 aliphatic heterocycles. The number of nitrogens with two attached hydrogens (primary N) is 1. The number of hydrogen-bond acceptors (Lipinski definition) is 4. The van der Waals surface area contributed by atoms with E-state index in [0.717, 1.165) is 24.2 Å². The standard InChI is InChI=1S/C16H20N4OS/c1-11-5-4-8-14-18-13(9-15(21)20(11)14)10-22-16(17)19-12-6-2-3-7-12/h4-5,8-9,12H,2-3,6-7,10H2,1H3,(H2,17,19). The molecule has 1 aliphatic rings. The highest BCUT2D eigenvalue weighted by Gasteiger charge is 2.14. The normalized spacial score (nSPS) is 16.5. The van der Waals surface area contributed by atoms with Gasteiger partial charge in [0.2, 0.25) is 0 Å². The summed E-state index contributed by atoms with van der Waals surface area (Å²) in [5.41, 5.74) is 8.23. The molecule has 3 rings (SSSR count). The van der Waals surface area contributed by atoms with Crippen LogP contribution in [0.15, 0.2) is 34.1 Å². The lowest BCUT2D eigenvalue weighted by Crippen LogP contribution is -2.18. The van der Waals surface area contributed by atoms with Gasteiger partial charge in [0.15, 0.2) is 5.17 Å². The topological polar surface area (TPSA) is 72.8 Å². The maximum Gasteiger partial charge on any atom is 0.258 e. The molecule has 1 aliphatic carbocycles. The smallest absolute Gasteiger partial charge is 0.258 e. The highest BCUT2D eigenvalue weighted by molar-refractivity contribution is 8.13. The number of aromatic nitrogens is 2. The van der Waals surface area contributed by atoms with Crippen LogP contribution in [0, 0.1) is 6.92 Å². The SMILES string of the molecule is Cc1cccc2nc(CSC(N)=NC3CCCC3)cc(=O)n12. The van der Waals surface area contributed by atoms with Crippen molar-refractivity contribution in [1.82, 2.24) is 9.38 Å². The predicted octanol–water partition coefficient (Wildman–Crippen LogP) is 2.49. The molecule has 0 amide bonds. The van der Waals surface area contributed by atoms with Gasteiger partial charge in [-0.05, 0) is 31.9 Å². The first kappa shape index (κ1) is 15.1. The zero-order valence-electron chi connectivity index (χ0n) is 12.7. The Morgan fingerprint density at radius 3 is 3.00 bits per heavy atom. The van der Waals surface area contributed by atoms with Crippen LogP contribution in [0.1, 0.15) is 37.1 Å². The Bertz CT molecular complexity index is 762. The van der Waals surface area contributed by atoms with Crippen molar-refractivity contribution in [3.63, 3.8) is 0 Å². The molecule has 1 fully saturated rings. The molecule has 116 valence electrons. The molecule has 2 aromatic heterocycles. The number of amidine groups is 1. The molecule has 0 spiro atoms. The van der Waals surface area contributed by atoms with Crippen molar-refractivity contribution in [2.75, 3.05) is 0 Å². The van der Waals surface area contributed by atoms with E-state index < -0.39 is 0 Å². The molecule has 0 radical (unpaired) electrons. The minimum atomic E-state index is -0.0509. The number of aliphatic imine (C=N–C) groups is 1. The third-order valence-corrected chi connectivity index (χ3v) is 4.78. The summed E-state index contributed by atoms with van der Waals surface area (Å²) in [5, 5.41) is 0.596. The molecule has 1 saturated carbocycles. The quantitative estimate of drug-likeness (QED) is 0.697. The van der Waals surface area contributed by atoms with Gasteiger partial charge in [0, 0.05) is 17.5 Å². The lowest BCUT2D eigenvalue weighted by Gasteiger charge is -2.07. The van der Waals surface area contributed by atoms with Crippen LogP contribution in [0.25, 0.3) is 5.65 Å². The predicted molar refractivity (Wildman–Crippen MR) is 91.4 cm³/mol. The molecule has 5 nitrogen and oxygen atoms in total. The van der Waals surface area contributed by atoms with Gasteiger partial charge in [-0.15, -0.1) is 0 Å². The van der Waals surface area contributed by atoms with E-state index >= 15 is 0 Å². The number of nitrogens with zero attached hydrogens (tertiary/aromatic N) is 3. The number of fused-ring (bicyclic) bond motifs is 1. The van der Waals surface area contributed by atoms with Crippen LogP contribution in [0.3, 0.4) is 0 Å². The zero-order chi connectivity index (χ0) is 15.5. The molecule has 0 unspecified atom stereocenters. The highest BCUT2D eigenvalue weighted by Crippen LogP contribution is 2.22. The highest BCUT2D eigenvalue weighted by atomic mass is 32.2. The maximum absolute atomic E-state index is 12.2. The van der Waals surface area contributed by atoms with E-state index in [-0.39, 0.29) is 5.56 Å². The van der Waals surface area contributed by atoms with Crippen molar-refractivity contribution in [1.29, 1.82) is 0 Å². The zero-order valence-corrected chi connectivity index (χ0v) is 13.5. The van der Waals surface area contributed by atoms with Gasteiger partial charge in [-0.3, -0.25) is 14.2 Å². The van der Waals surface area contributed by atoms with Crippen molar-refractivity contribution in [3.05, 3.63) is 46.0 Å². The average molecular weight is 316 g/mol. The molecular weight excluding hydrogens is 296 g/mol. The third kappa shape index (κ3) is 3.32. The molecule has 2 aromatic rings. The first-order valence-corrected chi connectivity index (χ1v) is 8.56. The van der Waals surface area contributed by atoms with E-state index in [2.05, 4.69) is 9.98 Å². The third-order valence-electron chi connectivity index (χ3n) is 3.94. The second-order valence-corrected chi connectivity index (χ2v) is 6.64. The van der Waals surface area contributed by atoms with Gasteiger partial charge in [-0.1, -0.05) is 30.7 Å². The van der Waals surface area contributed by atoms with Gasteiger partial charge >= 0.3 is 0 Å². The molecule has 2 heterocycles. The number of thioether (sulfide) groups is 1. The van der Waals surface area contributed by atoms with Crippen molar-refractivity contribution in [2.24, 2.45) is 10.7 Å². The van der Waals surface area contributed by atoms with Gasteiger partial charge in [0.1, 0.15) is 5.65 Å². The van der Waals surface area contributed by atoms with Gasteiger partial charge < -0.3 is 5.73 Å². The van der Waals surface area contributed by atoms with E-state index in [9.17, 15) is 4.79 Å². The summed E-state index contributed by atoms with van der Waals surface area (Å²) >= 11 is 1.45. The summed E-state index contributed by atoms with van der Waals surface area (Å²) < 4.78 is 1.62. The van der Waals surface area contributed by atoms with Crippen molar-refractivity contribution in [2.45, 2.75) is 44.4 Å². The fraction of sp³-hybridized carbons (Fsp3) is 0.438. The Balaban J connectivity index is 1.75. The fourth-order valence-electron chi connectivity index (χ4n) is 2.84. The lowest BCUT2D eigenvalue weighted by atomic mass is 10.3. The van der Waals surface area contributed by atoms with Crippen molar-refractivity contribution < 1.29 is 0 Å². The van der Waals surface area contributed by atoms with E-state index in [4.69, 9.17) is 5.73 Å². The van der Waals surface area contributed by atoms with Gasteiger partial charge in [0.05, 0.1) is 11.7 Å². The van der Waals surface area contributed by atoms with Crippen LogP contribution >= 0.6 is 11.8 Å². The Labute approximate surface area is 133 Å². The average Bonchev–Trinajstić information content (AvgIpc) is 2.98. The van der Waals surface area contributed by atoms with Crippen LogP contribution < -0.4 is 11.3 Å². The first-order valence-electron chi connectivity index (χ1n) is 7.58. The summed E-state index contributed by atoms with van der Waals surface area (Å²) in [4.78, 5) is 21.3. The number of aryl methyl sites for hydroxylation is 1. The second kappa shape index (κ2) is 6.52. The number of hydrogen-bond donors (Lipinski definition) is 1. The second-order valence-electron chi connectivity index (χ2n) is 5.64. The summed E-state index contributed by atoms with van der Waals surface area (Å²) in [7, 11) is 0. The van der Waals surface area contributed by atoms with Crippen LogP contribution in [0.5, 0.6) is 0 Å². The monoisotopic (exact) mass is 316 g/mol. The lowest BCUT2D eigenvalue weighted by molar-refractivity contribution is 0.708. The molecule has 6 heteroatoms. The Kier molecular flexibility index (Phi) is 4.47. The van der Waals surface area contributed by atoms with E-state index in [1.807, 2.05) is 25.1 Å². The Hall–Kier alpha value is -1.82. The minimum Gasteiger partial charge on any atom is -0.379 e. The van der Waals surface area contributed by atoms with Crippen LogP contribution in [-0.4, -0.2) is 20.6 Å². The Morgan fingerprint density at radius 2 is 2.23 bits per heavy atom. The summed E-state index contributed by atoms with van der Waals surface area (Å²) in [6, 6.07) is 7.61. The van der Waals surface area contributed by atoms with Crippen LogP contribution in [-0.2, 0) is 5.75 Å². The van der Waals surface area contributed by atoms with E-state index in [1.54, 1.807) is 10.5 Å².